The van der Waals surface area contributed by atoms with Crippen LogP contribution in [0.2, 0.25) is 0 Å². The van der Waals surface area contributed by atoms with Crippen molar-refractivity contribution in [3.05, 3.63) is 22.7 Å². The molecular formula is C11H15BrN2O. The molecule has 1 fully saturated rings. The SMILES string of the molecule is COc1ccc(Br)cc1N1CCNCC1. The van der Waals surface area contributed by atoms with E-state index in [0.29, 0.717) is 0 Å². The number of methoxy groups -OCH3 is 1. The maximum Gasteiger partial charge on any atom is 0.142 e. The first-order valence-electron chi connectivity index (χ1n) is 5.10. The van der Waals surface area contributed by atoms with E-state index in [9.17, 15) is 0 Å². The molecule has 0 amide bonds. The summed E-state index contributed by atoms with van der Waals surface area (Å²) in [6.45, 7) is 4.14. The maximum absolute atomic E-state index is 5.37. The Morgan fingerprint density at radius 2 is 2.07 bits per heavy atom. The maximum atomic E-state index is 5.37. The number of rotatable bonds is 2. The lowest BCUT2D eigenvalue weighted by Crippen LogP contribution is -2.43. The molecule has 2 rings (SSSR count). The summed E-state index contributed by atoms with van der Waals surface area (Å²) in [5.41, 5.74) is 1.17. The van der Waals surface area contributed by atoms with Gasteiger partial charge in [-0.2, -0.15) is 0 Å². The quantitative estimate of drug-likeness (QED) is 0.888. The first-order chi connectivity index (χ1) is 7.31. The molecule has 1 N–H and O–H groups in total. The highest BCUT2D eigenvalue weighted by Gasteiger charge is 2.14. The number of hydrogen-bond donors (Lipinski definition) is 1. The van der Waals surface area contributed by atoms with E-state index in [1.165, 1.54) is 5.69 Å². The van der Waals surface area contributed by atoms with Crippen LogP contribution in [0.4, 0.5) is 5.69 Å². The monoisotopic (exact) mass is 270 g/mol. The largest absolute Gasteiger partial charge is 0.495 e. The highest BCUT2D eigenvalue weighted by atomic mass is 79.9. The van der Waals surface area contributed by atoms with Crippen molar-refractivity contribution < 1.29 is 4.74 Å². The van der Waals surface area contributed by atoms with Crippen LogP contribution in [-0.2, 0) is 0 Å². The molecular weight excluding hydrogens is 256 g/mol. The normalized spacial score (nSPS) is 16.5. The molecule has 0 aromatic heterocycles. The van der Waals surface area contributed by atoms with Crippen molar-refractivity contribution >= 4 is 21.6 Å². The number of halogens is 1. The topological polar surface area (TPSA) is 24.5 Å². The zero-order valence-electron chi connectivity index (χ0n) is 8.79. The number of nitrogens with zero attached hydrogens (tertiary/aromatic N) is 1. The summed E-state index contributed by atoms with van der Waals surface area (Å²) in [6, 6.07) is 6.12. The Morgan fingerprint density at radius 3 is 2.73 bits per heavy atom. The van der Waals surface area contributed by atoms with Crippen LogP contribution in [-0.4, -0.2) is 33.3 Å². The van der Waals surface area contributed by atoms with E-state index in [1.54, 1.807) is 7.11 Å². The van der Waals surface area contributed by atoms with Crippen LogP contribution in [0.5, 0.6) is 5.75 Å². The third-order valence-electron chi connectivity index (χ3n) is 2.60. The molecule has 1 aliphatic heterocycles. The fraction of sp³-hybridized carbons (Fsp3) is 0.455. The van der Waals surface area contributed by atoms with E-state index in [4.69, 9.17) is 4.74 Å². The van der Waals surface area contributed by atoms with Gasteiger partial charge in [-0.25, -0.2) is 0 Å². The van der Waals surface area contributed by atoms with E-state index in [1.807, 2.05) is 12.1 Å². The Labute approximate surface area is 98.5 Å². The fourth-order valence-corrected chi connectivity index (χ4v) is 2.17. The van der Waals surface area contributed by atoms with Crippen LogP contribution in [0.25, 0.3) is 0 Å². The van der Waals surface area contributed by atoms with Gasteiger partial charge in [0.2, 0.25) is 0 Å². The summed E-state index contributed by atoms with van der Waals surface area (Å²) in [7, 11) is 1.72. The molecule has 1 aromatic carbocycles. The molecule has 1 aliphatic rings. The summed E-state index contributed by atoms with van der Waals surface area (Å²) in [5, 5.41) is 3.34. The van der Waals surface area contributed by atoms with Crippen molar-refractivity contribution in [1.82, 2.24) is 5.32 Å². The minimum atomic E-state index is 0.945. The molecule has 0 aliphatic carbocycles. The van der Waals surface area contributed by atoms with Gasteiger partial charge in [0.1, 0.15) is 5.75 Å². The van der Waals surface area contributed by atoms with Crippen LogP contribution in [0, 0.1) is 0 Å². The highest BCUT2D eigenvalue weighted by Crippen LogP contribution is 2.31. The molecule has 82 valence electrons. The summed E-state index contributed by atoms with van der Waals surface area (Å²) < 4.78 is 6.46. The number of benzene rings is 1. The lowest BCUT2D eigenvalue weighted by molar-refractivity contribution is 0.413. The van der Waals surface area contributed by atoms with Gasteiger partial charge in [-0.3, -0.25) is 0 Å². The second-order valence-corrected chi connectivity index (χ2v) is 4.47. The fourth-order valence-electron chi connectivity index (χ4n) is 1.82. The van der Waals surface area contributed by atoms with Gasteiger partial charge < -0.3 is 15.0 Å². The Morgan fingerprint density at radius 1 is 1.33 bits per heavy atom. The first kappa shape index (κ1) is 10.8. The van der Waals surface area contributed by atoms with E-state index in [2.05, 4.69) is 32.2 Å². The minimum Gasteiger partial charge on any atom is -0.495 e. The Bertz CT molecular complexity index is 337. The number of hydrogen-bond acceptors (Lipinski definition) is 3. The second-order valence-electron chi connectivity index (χ2n) is 3.55. The average Bonchev–Trinajstić information content (AvgIpc) is 2.30. The predicted octanol–water partition coefficient (Wildman–Crippen LogP) is 1.87. The third-order valence-corrected chi connectivity index (χ3v) is 3.09. The second kappa shape index (κ2) is 4.86. The predicted molar refractivity (Wildman–Crippen MR) is 65.8 cm³/mol. The molecule has 4 heteroatoms. The van der Waals surface area contributed by atoms with Crippen LogP contribution in [0.1, 0.15) is 0 Å². The van der Waals surface area contributed by atoms with E-state index >= 15 is 0 Å². The van der Waals surface area contributed by atoms with Crippen LogP contribution < -0.4 is 15.0 Å². The van der Waals surface area contributed by atoms with Crippen LogP contribution in [0.15, 0.2) is 22.7 Å². The summed E-state index contributed by atoms with van der Waals surface area (Å²) in [4.78, 5) is 2.35. The Kier molecular flexibility index (Phi) is 3.49. The first-order valence-corrected chi connectivity index (χ1v) is 5.90. The Hall–Kier alpha value is -0.740. The van der Waals surface area contributed by atoms with Crippen molar-refractivity contribution in [2.45, 2.75) is 0 Å². The summed E-state index contributed by atoms with van der Waals surface area (Å²) >= 11 is 3.49. The Balaban J connectivity index is 2.27. The van der Waals surface area contributed by atoms with Gasteiger partial charge in [0.25, 0.3) is 0 Å². The van der Waals surface area contributed by atoms with E-state index in [0.717, 1.165) is 36.4 Å². The number of anilines is 1. The van der Waals surface area contributed by atoms with Gasteiger partial charge in [-0.15, -0.1) is 0 Å². The van der Waals surface area contributed by atoms with Crippen LogP contribution in [0.3, 0.4) is 0 Å². The van der Waals surface area contributed by atoms with Gasteiger partial charge in [0.05, 0.1) is 12.8 Å². The summed E-state index contributed by atoms with van der Waals surface area (Å²) in [5.74, 6) is 0.945. The van der Waals surface area contributed by atoms with Crippen molar-refractivity contribution in [3.63, 3.8) is 0 Å². The molecule has 1 saturated heterocycles. The van der Waals surface area contributed by atoms with Gasteiger partial charge in [-0.1, -0.05) is 15.9 Å². The molecule has 1 aromatic rings. The lowest BCUT2D eigenvalue weighted by Gasteiger charge is -2.30. The minimum absolute atomic E-state index is 0.945. The zero-order chi connectivity index (χ0) is 10.7. The van der Waals surface area contributed by atoms with Crippen molar-refractivity contribution in [1.29, 1.82) is 0 Å². The molecule has 0 saturated carbocycles. The number of piperazine rings is 1. The molecule has 1 heterocycles. The highest BCUT2D eigenvalue weighted by molar-refractivity contribution is 9.10. The molecule has 3 nitrogen and oxygen atoms in total. The van der Waals surface area contributed by atoms with Gasteiger partial charge in [-0.05, 0) is 18.2 Å². The number of nitrogens with one attached hydrogen (secondary N) is 1. The molecule has 0 spiro atoms. The zero-order valence-corrected chi connectivity index (χ0v) is 10.4. The third kappa shape index (κ3) is 2.44. The summed E-state index contributed by atoms with van der Waals surface area (Å²) in [6.07, 6.45) is 0. The van der Waals surface area contributed by atoms with Gasteiger partial charge in [0, 0.05) is 30.7 Å². The molecule has 15 heavy (non-hydrogen) atoms. The van der Waals surface area contributed by atoms with Gasteiger partial charge >= 0.3 is 0 Å². The average molecular weight is 271 g/mol. The van der Waals surface area contributed by atoms with Crippen molar-refractivity contribution in [2.75, 3.05) is 38.2 Å². The van der Waals surface area contributed by atoms with Gasteiger partial charge in [0.15, 0.2) is 0 Å². The molecule has 0 atom stereocenters. The van der Waals surface area contributed by atoms with Crippen LogP contribution >= 0.6 is 15.9 Å². The lowest BCUT2D eigenvalue weighted by atomic mass is 10.2. The molecule has 0 radical (unpaired) electrons. The number of ether oxygens (including phenoxy) is 1. The van der Waals surface area contributed by atoms with E-state index < -0.39 is 0 Å². The van der Waals surface area contributed by atoms with Crippen molar-refractivity contribution in [2.24, 2.45) is 0 Å². The van der Waals surface area contributed by atoms with E-state index in [-0.39, 0.29) is 0 Å². The molecule has 0 unspecified atom stereocenters. The molecule has 0 bridgehead atoms. The standard InChI is InChI=1S/C11H15BrN2O/c1-15-11-3-2-9(12)8-10(11)14-6-4-13-5-7-14/h2-3,8,13H,4-7H2,1H3. The smallest absolute Gasteiger partial charge is 0.142 e. The van der Waals surface area contributed by atoms with Crippen molar-refractivity contribution in [3.8, 4) is 5.75 Å².